The van der Waals surface area contributed by atoms with Crippen LogP contribution in [-0.4, -0.2) is 61.5 Å². The summed E-state index contributed by atoms with van der Waals surface area (Å²) in [7, 11) is 4.35. The largest absolute Gasteiger partial charge is 0.353 e. The highest BCUT2D eigenvalue weighted by molar-refractivity contribution is 5.76. The molecule has 2 rings (SSSR count). The molecule has 0 atom stereocenters. The van der Waals surface area contributed by atoms with Gasteiger partial charge in [0.15, 0.2) is 0 Å². The number of nitrogens with zero attached hydrogens (tertiary/aromatic N) is 2. The molecular weight excluding hydrogens is 238 g/mol. The average molecular weight is 267 g/mol. The first kappa shape index (κ1) is 14.8. The molecule has 4 nitrogen and oxygen atoms in total. The molecule has 1 saturated heterocycles. The van der Waals surface area contributed by atoms with Gasteiger partial charge < -0.3 is 15.1 Å². The summed E-state index contributed by atoms with van der Waals surface area (Å²) in [5.74, 6) is 0.242. The van der Waals surface area contributed by atoms with E-state index in [1.54, 1.807) is 0 Å². The Labute approximate surface area is 117 Å². The summed E-state index contributed by atoms with van der Waals surface area (Å²) < 4.78 is 0. The number of hydrogen-bond donors (Lipinski definition) is 1. The number of carbonyl (C=O) groups excluding carboxylic acids is 1. The fourth-order valence-corrected chi connectivity index (χ4v) is 3.27. The summed E-state index contributed by atoms with van der Waals surface area (Å²) in [4.78, 5) is 16.7. The van der Waals surface area contributed by atoms with E-state index in [-0.39, 0.29) is 5.91 Å². The van der Waals surface area contributed by atoms with Gasteiger partial charge in [0.2, 0.25) is 5.91 Å². The van der Waals surface area contributed by atoms with Crippen molar-refractivity contribution in [1.29, 1.82) is 0 Å². The summed E-state index contributed by atoms with van der Waals surface area (Å²) in [6.07, 6.45) is 8.03. The minimum atomic E-state index is 0.242. The summed E-state index contributed by atoms with van der Waals surface area (Å²) >= 11 is 0. The second kappa shape index (κ2) is 7.25. The molecule has 1 N–H and O–H groups in total. The Kier molecular flexibility index (Phi) is 5.64. The minimum Gasteiger partial charge on any atom is -0.353 e. The SMILES string of the molecule is CN1CCC(N(C)CCC(=O)NC2CCCC2)CC1. The number of rotatable bonds is 5. The maximum absolute atomic E-state index is 11.9. The lowest BCUT2D eigenvalue weighted by molar-refractivity contribution is -0.122. The smallest absolute Gasteiger partial charge is 0.221 e. The van der Waals surface area contributed by atoms with E-state index in [1.165, 1.54) is 51.6 Å². The van der Waals surface area contributed by atoms with Gasteiger partial charge in [-0.3, -0.25) is 4.79 Å². The van der Waals surface area contributed by atoms with Crippen molar-refractivity contribution in [3.8, 4) is 0 Å². The molecule has 4 heteroatoms. The molecule has 0 unspecified atom stereocenters. The normalized spacial score (nSPS) is 23.1. The van der Waals surface area contributed by atoms with Gasteiger partial charge in [-0.15, -0.1) is 0 Å². The highest BCUT2D eigenvalue weighted by Crippen LogP contribution is 2.18. The van der Waals surface area contributed by atoms with Crippen LogP contribution in [0.1, 0.15) is 44.9 Å². The third-order valence-corrected chi connectivity index (χ3v) is 4.72. The van der Waals surface area contributed by atoms with E-state index in [4.69, 9.17) is 0 Å². The summed E-state index contributed by atoms with van der Waals surface area (Å²) in [6.45, 7) is 3.26. The second-order valence-corrected chi connectivity index (χ2v) is 6.31. The van der Waals surface area contributed by atoms with Crippen LogP contribution in [-0.2, 0) is 4.79 Å². The van der Waals surface area contributed by atoms with Crippen LogP contribution in [0.3, 0.4) is 0 Å². The highest BCUT2D eigenvalue weighted by Gasteiger charge is 2.21. The van der Waals surface area contributed by atoms with Crippen molar-refractivity contribution in [2.45, 2.75) is 57.0 Å². The summed E-state index contributed by atoms with van der Waals surface area (Å²) in [5, 5.41) is 3.17. The van der Waals surface area contributed by atoms with Crippen LogP contribution in [0.15, 0.2) is 0 Å². The lowest BCUT2D eigenvalue weighted by Gasteiger charge is -2.35. The molecule has 0 aromatic heterocycles. The lowest BCUT2D eigenvalue weighted by atomic mass is 10.0. The van der Waals surface area contributed by atoms with Gasteiger partial charge in [0.05, 0.1) is 0 Å². The van der Waals surface area contributed by atoms with E-state index in [0.717, 1.165) is 6.54 Å². The molecule has 19 heavy (non-hydrogen) atoms. The van der Waals surface area contributed by atoms with Gasteiger partial charge in [0.1, 0.15) is 0 Å². The Morgan fingerprint density at radius 2 is 1.84 bits per heavy atom. The van der Waals surface area contributed by atoms with Crippen LogP contribution in [0.2, 0.25) is 0 Å². The zero-order chi connectivity index (χ0) is 13.7. The first-order valence-corrected chi connectivity index (χ1v) is 7.83. The third kappa shape index (κ3) is 4.77. The van der Waals surface area contributed by atoms with Crippen molar-refractivity contribution < 1.29 is 4.79 Å². The molecule has 1 amide bonds. The van der Waals surface area contributed by atoms with E-state index in [1.807, 2.05) is 0 Å². The fourth-order valence-electron chi connectivity index (χ4n) is 3.27. The highest BCUT2D eigenvalue weighted by atomic mass is 16.1. The number of nitrogens with one attached hydrogen (secondary N) is 1. The van der Waals surface area contributed by atoms with Crippen LogP contribution in [0.25, 0.3) is 0 Å². The quantitative estimate of drug-likeness (QED) is 0.819. The van der Waals surface area contributed by atoms with Gasteiger partial charge in [0, 0.05) is 25.0 Å². The zero-order valence-electron chi connectivity index (χ0n) is 12.5. The first-order valence-electron chi connectivity index (χ1n) is 7.83. The maximum Gasteiger partial charge on any atom is 0.221 e. The van der Waals surface area contributed by atoms with Crippen molar-refractivity contribution in [2.24, 2.45) is 0 Å². The molecule has 2 aliphatic rings. The van der Waals surface area contributed by atoms with E-state index >= 15 is 0 Å². The van der Waals surface area contributed by atoms with Gasteiger partial charge >= 0.3 is 0 Å². The van der Waals surface area contributed by atoms with Crippen LogP contribution < -0.4 is 5.32 Å². The molecule has 1 heterocycles. The lowest BCUT2D eigenvalue weighted by Crippen LogP contribution is -2.43. The zero-order valence-corrected chi connectivity index (χ0v) is 12.5. The van der Waals surface area contributed by atoms with Crippen molar-refractivity contribution in [2.75, 3.05) is 33.7 Å². The second-order valence-electron chi connectivity index (χ2n) is 6.31. The predicted molar refractivity (Wildman–Crippen MR) is 78.2 cm³/mol. The standard InChI is InChI=1S/C15H29N3O/c1-17-10-7-14(8-11-17)18(2)12-9-15(19)16-13-5-3-4-6-13/h13-14H,3-12H2,1-2H3,(H,16,19). The van der Waals surface area contributed by atoms with E-state index in [2.05, 4.69) is 29.2 Å². The van der Waals surface area contributed by atoms with Crippen LogP contribution >= 0.6 is 0 Å². The Balaban J connectivity index is 1.62. The molecule has 0 aromatic carbocycles. The van der Waals surface area contributed by atoms with Gasteiger partial charge in [-0.2, -0.15) is 0 Å². The van der Waals surface area contributed by atoms with Crippen molar-refractivity contribution in [3.05, 3.63) is 0 Å². The summed E-state index contributed by atoms with van der Waals surface area (Å²) in [6, 6.07) is 1.12. The maximum atomic E-state index is 11.9. The molecule has 0 radical (unpaired) electrons. The van der Waals surface area contributed by atoms with Crippen molar-refractivity contribution in [3.63, 3.8) is 0 Å². The molecule has 1 aliphatic carbocycles. The van der Waals surface area contributed by atoms with Crippen LogP contribution in [0, 0.1) is 0 Å². The van der Waals surface area contributed by atoms with E-state index in [0.29, 0.717) is 18.5 Å². The van der Waals surface area contributed by atoms with E-state index in [9.17, 15) is 4.79 Å². The first-order chi connectivity index (χ1) is 9.15. The fraction of sp³-hybridized carbons (Fsp3) is 0.933. The van der Waals surface area contributed by atoms with Gasteiger partial charge in [-0.1, -0.05) is 12.8 Å². The number of piperidine rings is 1. The molecule has 1 saturated carbocycles. The monoisotopic (exact) mass is 267 g/mol. The predicted octanol–water partition coefficient (Wildman–Crippen LogP) is 1.46. The number of likely N-dealkylation sites (tertiary alicyclic amines) is 1. The number of carbonyl (C=O) groups is 1. The number of amides is 1. The average Bonchev–Trinajstić information content (AvgIpc) is 2.89. The molecule has 1 aliphatic heterocycles. The van der Waals surface area contributed by atoms with Crippen LogP contribution in [0.4, 0.5) is 0 Å². The van der Waals surface area contributed by atoms with Crippen molar-refractivity contribution >= 4 is 5.91 Å². The Bertz CT molecular complexity index is 281. The topological polar surface area (TPSA) is 35.6 Å². The molecule has 110 valence electrons. The molecule has 0 spiro atoms. The third-order valence-electron chi connectivity index (χ3n) is 4.72. The molecular formula is C15H29N3O. The number of hydrogen-bond acceptors (Lipinski definition) is 3. The van der Waals surface area contributed by atoms with Gasteiger partial charge in [-0.05, 0) is 52.9 Å². The Morgan fingerprint density at radius 1 is 1.21 bits per heavy atom. The summed E-state index contributed by atoms with van der Waals surface area (Å²) in [5.41, 5.74) is 0. The molecule has 0 aromatic rings. The molecule has 0 bridgehead atoms. The molecule has 2 fully saturated rings. The van der Waals surface area contributed by atoms with Crippen LogP contribution in [0.5, 0.6) is 0 Å². The minimum absolute atomic E-state index is 0.242. The van der Waals surface area contributed by atoms with Crippen molar-refractivity contribution in [1.82, 2.24) is 15.1 Å². The Morgan fingerprint density at radius 3 is 2.47 bits per heavy atom. The van der Waals surface area contributed by atoms with E-state index < -0.39 is 0 Å². The van der Waals surface area contributed by atoms with Gasteiger partial charge in [-0.25, -0.2) is 0 Å². The van der Waals surface area contributed by atoms with Gasteiger partial charge in [0.25, 0.3) is 0 Å². The Hall–Kier alpha value is -0.610.